The zero-order valence-corrected chi connectivity index (χ0v) is 8.78. The lowest BCUT2D eigenvalue weighted by molar-refractivity contribution is -0.120. The van der Waals surface area contributed by atoms with E-state index in [9.17, 15) is 4.79 Å². The van der Waals surface area contributed by atoms with E-state index in [2.05, 4.69) is 18.2 Å². The van der Waals surface area contributed by atoms with Crippen LogP contribution < -0.4 is 4.90 Å². The van der Waals surface area contributed by atoms with Crippen molar-refractivity contribution in [2.45, 2.75) is 38.1 Å². The van der Waals surface area contributed by atoms with Gasteiger partial charge in [0.15, 0.2) is 0 Å². The van der Waals surface area contributed by atoms with Gasteiger partial charge >= 0.3 is 0 Å². The van der Waals surface area contributed by atoms with Crippen LogP contribution in [0.25, 0.3) is 0 Å². The van der Waals surface area contributed by atoms with Gasteiger partial charge < -0.3 is 4.90 Å². The Balaban J connectivity index is 2.06. The van der Waals surface area contributed by atoms with Crippen LogP contribution in [-0.2, 0) is 11.2 Å². The molecule has 1 atom stereocenters. The van der Waals surface area contributed by atoms with E-state index in [-0.39, 0.29) is 0 Å². The lowest BCUT2D eigenvalue weighted by Crippen LogP contribution is -2.46. The molecule has 1 amide bonds. The molecule has 2 nitrogen and oxygen atoms in total. The van der Waals surface area contributed by atoms with Crippen LogP contribution in [-0.4, -0.2) is 11.9 Å². The van der Waals surface area contributed by atoms with Crippen molar-refractivity contribution in [1.29, 1.82) is 0 Å². The fraction of sp³-hybridized carbons (Fsp3) is 0.462. The summed E-state index contributed by atoms with van der Waals surface area (Å²) in [5.74, 6) is 0.318. The van der Waals surface area contributed by atoms with Crippen LogP contribution in [0.1, 0.15) is 31.2 Å². The number of rotatable bonds is 0. The van der Waals surface area contributed by atoms with Crippen LogP contribution in [0.2, 0.25) is 0 Å². The fourth-order valence-electron chi connectivity index (χ4n) is 2.83. The van der Waals surface area contributed by atoms with Gasteiger partial charge in [0.25, 0.3) is 0 Å². The molecule has 0 aromatic heterocycles. The minimum atomic E-state index is 0.318. The molecule has 15 heavy (non-hydrogen) atoms. The zero-order chi connectivity index (χ0) is 10.3. The van der Waals surface area contributed by atoms with E-state index in [1.54, 1.807) is 0 Å². The molecule has 0 saturated carbocycles. The van der Waals surface area contributed by atoms with Crippen molar-refractivity contribution in [3.8, 4) is 0 Å². The zero-order valence-electron chi connectivity index (χ0n) is 8.78. The first kappa shape index (κ1) is 8.96. The molecule has 1 saturated heterocycles. The number of carbonyl (C=O) groups excluding carboxylic acids is 1. The van der Waals surface area contributed by atoms with Crippen molar-refractivity contribution in [1.82, 2.24) is 0 Å². The number of aryl methyl sites for hydroxylation is 1. The van der Waals surface area contributed by atoms with E-state index in [0.29, 0.717) is 11.9 Å². The largest absolute Gasteiger partial charge is 0.309 e. The average molecular weight is 201 g/mol. The Morgan fingerprint density at radius 3 is 2.93 bits per heavy atom. The summed E-state index contributed by atoms with van der Waals surface area (Å²) in [6, 6.07) is 8.80. The van der Waals surface area contributed by atoms with Crippen LogP contribution in [0.3, 0.4) is 0 Å². The van der Waals surface area contributed by atoms with Crippen LogP contribution >= 0.6 is 0 Å². The number of hydrogen-bond acceptors (Lipinski definition) is 1. The highest BCUT2D eigenvalue weighted by molar-refractivity contribution is 5.95. The number of piperidine rings is 1. The summed E-state index contributed by atoms with van der Waals surface area (Å²) >= 11 is 0. The Hall–Kier alpha value is -1.31. The molecule has 0 radical (unpaired) electrons. The highest BCUT2D eigenvalue weighted by Crippen LogP contribution is 2.35. The van der Waals surface area contributed by atoms with E-state index in [1.807, 2.05) is 11.0 Å². The molecule has 2 heteroatoms. The molecule has 1 unspecified atom stereocenters. The number of amides is 1. The molecule has 1 aromatic carbocycles. The maximum absolute atomic E-state index is 11.9. The van der Waals surface area contributed by atoms with Gasteiger partial charge in [-0.1, -0.05) is 18.2 Å². The van der Waals surface area contributed by atoms with Gasteiger partial charge in [0.2, 0.25) is 5.91 Å². The topological polar surface area (TPSA) is 20.3 Å². The second-order valence-corrected chi connectivity index (χ2v) is 4.48. The monoisotopic (exact) mass is 201 g/mol. The second-order valence-electron chi connectivity index (χ2n) is 4.48. The Morgan fingerprint density at radius 1 is 1.13 bits per heavy atom. The van der Waals surface area contributed by atoms with Gasteiger partial charge in [-0.2, -0.15) is 0 Å². The summed E-state index contributed by atoms with van der Waals surface area (Å²) in [6.07, 6.45) is 5.25. The standard InChI is InChI=1S/C13H15NO/c15-13-7-3-5-11-9-8-10-4-1-2-6-12(10)14(11)13/h1-2,4,6,11H,3,5,7-9H2. The van der Waals surface area contributed by atoms with E-state index in [1.165, 1.54) is 17.7 Å². The summed E-state index contributed by atoms with van der Waals surface area (Å²) < 4.78 is 0. The molecule has 2 heterocycles. The molecular formula is C13H15NO. The molecule has 1 fully saturated rings. The molecule has 0 spiro atoms. The van der Waals surface area contributed by atoms with E-state index in [4.69, 9.17) is 0 Å². The smallest absolute Gasteiger partial charge is 0.227 e. The van der Waals surface area contributed by atoms with Crippen LogP contribution in [0.5, 0.6) is 0 Å². The van der Waals surface area contributed by atoms with Gasteiger partial charge in [-0.25, -0.2) is 0 Å². The van der Waals surface area contributed by atoms with E-state index >= 15 is 0 Å². The molecule has 3 rings (SSSR count). The predicted molar refractivity (Wildman–Crippen MR) is 59.9 cm³/mol. The Kier molecular flexibility index (Phi) is 2.01. The number of benzene rings is 1. The average Bonchev–Trinajstić information content (AvgIpc) is 2.29. The number of hydrogen-bond donors (Lipinski definition) is 0. The van der Waals surface area contributed by atoms with Crippen molar-refractivity contribution >= 4 is 11.6 Å². The molecule has 0 N–H and O–H groups in total. The van der Waals surface area contributed by atoms with Crippen molar-refractivity contribution in [2.75, 3.05) is 4.90 Å². The quantitative estimate of drug-likeness (QED) is 0.631. The summed E-state index contributed by atoms with van der Waals surface area (Å²) in [5, 5.41) is 0. The third-order valence-corrected chi connectivity index (χ3v) is 3.56. The fourth-order valence-corrected chi connectivity index (χ4v) is 2.83. The number of carbonyl (C=O) groups is 1. The first-order valence-corrected chi connectivity index (χ1v) is 5.76. The van der Waals surface area contributed by atoms with Gasteiger partial charge in [0, 0.05) is 18.2 Å². The third-order valence-electron chi connectivity index (χ3n) is 3.56. The minimum absolute atomic E-state index is 0.318. The predicted octanol–water partition coefficient (Wildman–Crippen LogP) is 2.52. The molecule has 0 aliphatic carbocycles. The highest BCUT2D eigenvalue weighted by atomic mass is 16.2. The van der Waals surface area contributed by atoms with Crippen LogP contribution in [0, 0.1) is 0 Å². The number of anilines is 1. The molecule has 78 valence electrons. The molecule has 2 aliphatic heterocycles. The minimum Gasteiger partial charge on any atom is -0.309 e. The van der Waals surface area contributed by atoms with Crippen molar-refractivity contribution in [2.24, 2.45) is 0 Å². The van der Waals surface area contributed by atoms with Gasteiger partial charge in [-0.05, 0) is 37.3 Å². The maximum atomic E-state index is 11.9. The molecule has 1 aromatic rings. The number of fused-ring (bicyclic) bond motifs is 3. The van der Waals surface area contributed by atoms with Gasteiger partial charge in [-0.3, -0.25) is 4.79 Å². The Bertz CT molecular complexity index is 399. The summed E-state index contributed by atoms with van der Waals surface area (Å²) in [5.41, 5.74) is 2.50. The Morgan fingerprint density at radius 2 is 2.00 bits per heavy atom. The molecule has 0 bridgehead atoms. The van der Waals surface area contributed by atoms with Crippen molar-refractivity contribution < 1.29 is 4.79 Å². The second kappa shape index (κ2) is 3.37. The van der Waals surface area contributed by atoms with Crippen molar-refractivity contribution in [3.63, 3.8) is 0 Å². The molecule has 2 aliphatic rings. The highest BCUT2D eigenvalue weighted by Gasteiger charge is 2.33. The normalized spacial score (nSPS) is 24.7. The van der Waals surface area contributed by atoms with Gasteiger partial charge in [-0.15, -0.1) is 0 Å². The van der Waals surface area contributed by atoms with Gasteiger partial charge in [0.05, 0.1) is 0 Å². The lowest BCUT2D eigenvalue weighted by Gasteiger charge is -2.40. The van der Waals surface area contributed by atoms with Crippen LogP contribution in [0.15, 0.2) is 24.3 Å². The van der Waals surface area contributed by atoms with E-state index < -0.39 is 0 Å². The SMILES string of the molecule is O=C1CCCC2CCc3ccccc3N12. The van der Waals surface area contributed by atoms with E-state index in [0.717, 1.165) is 25.7 Å². The maximum Gasteiger partial charge on any atom is 0.227 e. The van der Waals surface area contributed by atoms with Crippen LogP contribution in [0.4, 0.5) is 5.69 Å². The summed E-state index contributed by atoms with van der Waals surface area (Å²) in [7, 11) is 0. The first-order chi connectivity index (χ1) is 7.36. The summed E-state index contributed by atoms with van der Waals surface area (Å²) in [4.78, 5) is 14.0. The van der Waals surface area contributed by atoms with Gasteiger partial charge in [0.1, 0.15) is 0 Å². The lowest BCUT2D eigenvalue weighted by atomic mass is 9.89. The number of para-hydroxylation sites is 1. The first-order valence-electron chi connectivity index (χ1n) is 5.76. The summed E-state index contributed by atoms with van der Waals surface area (Å²) in [6.45, 7) is 0. The number of nitrogens with zero attached hydrogens (tertiary/aromatic N) is 1. The molecular weight excluding hydrogens is 186 g/mol. The Labute approximate surface area is 89.9 Å². The third kappa shape index (κ3) is 1.36. The van der Waals surface area contributed by atoms with Crippen molar-refractivity contribution in [3.05, 3.63) is 29.8 Å².